The molecule has 22 heteroatoms. The van der Waals surface area contributed by atoms with Crippen molar-refractivity contribution in [2.75, 3.05) is 0 Å². The highest BCUT2D eigenvalue weighted by Crippen LogP contribution is 2.52. The molecule has 6 N–H and O–H groups in total. The Morgan fingerprint density at radius 3 is 1.24 bits per heavy atom. The zero-order valence-corrected chi connectivity index (χ0v) is 61.2. The molecule has 0 saturated heterocycles. The number of ether oxygens (including phenoxy) is 2. The van der Waals surface area contributed by atoms with Crippen molar-refractivity contribution >= 4 is 52.1 Å². The molecule has 21 nitrogen and oxygen atoms in total. The molecule has 6 aromatic rings. The monoisotopic (exact) mass is 1380 g/mol. The minimum Gasteiger partial charge on any atom is -0.491 e. The van der Waals surface area contributed by atoms with E-state index >= 15 is 0 Å². The third-order valence-corrected chi connectivity index (χ3v) is 18.8. The molecule has 2 atom stereocenters. The molecule has 0 unspecified atom stereocenters. The molecule has 2 aromatic heterocycles. The second kappa shape index (κ2) is 31.6. The molecule has 3 amide bonds. The Hall–Kier alpha value is -7.72. The molecule has 0 radical (unpaired) electrons. The average Bonchev–Trinajstić information content (AvgIpc) is 1.58. The summed E-state index contributed by atoms with van der Waals surface area (Å²) in [4.78, 5) is 68.6. The summed E-state index contributed by atoms with van der Waals surface area (Å²) in [6, 6.07) is 29.8. The molecule has 2 aliphatic heterocycles. The van der Waals surface area contributed by atoms with Crippen molar-refractivity contribution in [1.82, 2.24) is 56.4 Å². The molecule has 96 heavy (non-hydrogen) atoms. The van der Waals surface area contributed by atoms with Gasteiger partial charge in [0.25, 0.3) is 17.7 Å². The zero-order valence-electron chi connectivity index (χ0n) is 59.5. The fourth-order valence-electron chi connectivity index (χ4n) is 13.5. The maximum Gasteiger partial charge on any atom is 0.335 e. The number of carboxylic acids is 1. The van der Waals surface area contributed by atoms with Gasteiger partial charge in [-0.05, 0) is 222 Å². The normalized spacial score (nSPS) is 20.4. The van der Waals surface area contributed by atoms with Crippen molar-refractivity contribution in [2.45, 2.75) is 237 Å². The lowest BCUT2D eigenvalue weighted by Crippen LogP contribution is -2.51. The number of benzene rings is 4. The summed E-state index contributed by atoms with van der Waals surface area (Å²) < 4.78 is 11.7. The Bertz CT molecular complexity index is 3550. The van der Waals surface area contributed by atoms with Crippen LogP contribution in [-0.4, -0.2) is 115 Å². The van der Waals surface area contributed by atoms with Gasteiger partial charge in [0.15, 0.2) is 11.6 Å². The van der Waals surface area contributed by atoms with Crippen molar-refractivity contribution in [3.05, 3.63) is 142 Å². The van der Waals surface area contributed by atoms with Gasteiger partial charge >= 0.3 is 5.97 Å². The van der Waals surface area contributed by atoms with E-state index < -0.39 is 17.3 Å². The second-order valence-corrected chi connectivity index (χ2v) is 31.2. The van der Waals surface area contributed by atoms with E-state index in [1.807, 2.05) is 113 Å². The number of nitrogens with two attached hydrogens (primary N) is 1. The van der Waals surface area contributed by atoms with Gasteiger partial charge in [0.1, 0.15) is 34.2 Å². The van der Waals surface area contributed by atoms with Crippen LogP contribution in [0.15, 0.2) is 107 Å². The Morgan fingerprint density at radius 1 is 0.573 bits per heavy atom. The minimum atomic E-state index is -0.951. The fraction of sp³-hybridized carbons (Fsp3) is 0.568. The molecule has 2 aliphatic carbocycles. The summed E-state index contributed by atoms with van der Waals surface area (Å²) in [5, 5.41) is 38.7. The summed E-state index contributed by atoms with van der Waals surface area (Å²) in [7, 11) is 0. The van der Waals surface area contributed by atoms with Crippen LogP contribution in [-0.2, 0) is 22.7 Å². The van der Waals surface area contributed by atoms with Crippen LogP contribution in [0.3, 0.4) is 0 Å². The van der Waals surface area contributed by atoms with Gasteiger partial charge in [-0.25, -0.2) is 4.79 Å². The number of amides is 3. The van der Waals surface area contributed by atoms with Crippen LogP contribution in [0, 0.1) is 33.5 Å². The molecule has 520 valence electrons. The lowest BCUT2D eigenvalue weighted by atomic mass is 9.69. The van der Waals surface area contributed by atoms with Gasteiger partial charge in [0, 0.05) is 16.7 Å². The van der Waals surface area contributed by atoms with E-state index in [0.29, 0.717) is 47.0 Å². The lowest BCUT2D eigenvalue weighted by molar-refractivity contribution is -0.134. The SMILES string of the molecule is Br.CC(C)Oc1ccc(C2=NC3(CCC(C(C)(C)C)CC3)N([C@H](CCC(C)(C)C)c3ccc(C(=O)NCc4nn[nH]n4)cc3)C2=O)cc1.CC(C)Oc1ccc(C2=NC3(CCC(C(C)(C)C)CC3)N([C@H](CCC(C)(C)C)c3ccc(C(=O)O)cc3)C2=O)cc1.NCc1nn[nH]n1. The first kappa shape index (κ1) is 75.7. The highest BCUT2D eigenvalue weighted by molar-refractivity contribution is 8.93. The number of aromatic amines is 2. The van der Waals surface area contributed by atoms with Gasteiger partial charge in [-0.15, -0.1) is 37.4 Å². The van der Waals surface area contributed by atoms with E-state index in [9.17, 15) is 24.3 Å². The number of hydrogen-bond acceptors (Lipinski definition) is 15. The molecule has 4 aliphatic rings. The first-order valence-corrected chi connectivity index (χ1v) is 34.0. The van der Waals surface area contributed by atoms with Crippen LogP contribution >= 0.6 is 17.0 Å². The number of tetrazole rings is 2. The Balaban J connectivity index is 0.000000245. The third-order valence-electron chi connectivity index (χ3n) is 18.8. The predicted molar refractivity (Wildman–Crippen MR) is 380 cm³/mol. The topological polar surface area (TPSA) is 285 Å². The second-order valence-electron chi connectivity index (χ2n) is 31.2. The summed E-state index contributed by atoms with van der Waals surface area (Å²) >= 11 is 0. The number of H-pyrrole nitrogens is 2. The Morgan fingerprint density at radius 2 is 0.938 bits per heavy atom. The summed E-state index contributed by atoms with van der Waals surface area (Å²) in [5.74, 6) is 2.38. The molecule has 10 rings (SSSR count). The molecular formula is C74H105BrN14O7. The zero-order chi connectivity index (χ0) is 69.3. The molecule has 0 bridgehead atoms. The first-order chi connectivity index (χ1) is 44.7. The van der Waals surface area contributed by atoms with Gasteiger partial charge in [0.05, 0.1) is 42.9 Å². The number of hydrogen-bond donors (Lipinski definition) is 5. The number of aromatic carboxylic acids is 1. The lowest BCUT2D eigenvalue weighted by Gasteiger charge is -2.47. The maximum atomic E-state index is 14.7. The van der Waals surface area contributed by atoms with E-state index in [4.69, 9.17) is 25.2 Å². The number of aromatic nitrogens is 8. The van der Waals surface area contributed by atoms with Gasteiger partial charge < -0.3 is 35.4 Å². The van der Waals surface area contributed by atoms with Crippen LogP contribution in [0.1, 0.15) is 255 Å². The summed E-state index contributed by atoms with van der Waals surface area (Å²) in [6.45, 7) is 35.7. The fourth-order valence-corrected chi connectivity index (χ4v) is 13.5. The van der Waals surface area contributed by atoms with Crippen molar-refractivity contribution in [1.29, 1.82) is 0 Å². The average molecular weight is 1380 g/mol. The molecule has 2 saturated carbocycles. The van der Waals surface area contributed by atoms with E-state index in [2.05, 4.69) is 139 Å². The number of carbonyl (C=O) groups is 4. The van der Waals surface area contributed by atoms with Crippen molar-refractivity contribution in [3.8, 4) is 11.5 Å². The molecule has 2 fully saturated rings. The quantitative estimate of drug-likeness (QED) is 0.0504. The summed E-state index contributed by atoms with van der Waals surface area (Å²) in [6.07, 6.45) is 10.8. The van der Waals surface area contributed by atoms with Gasteiger partial charge in [-0.1, -0.05) is 118 Å². The van der Waals surface area contributed by atoms with E-state index in [-0.39, 0.29) is 92.8 Å². The van der Waals surface area contributed by atoms with Crippen LogP contribution < -0.4 is 20.5 Å². The predicted octanol–water partition coefficient (Wildman–Crippen LogP) is 14.6. The van der Waals surface area contributed by atoms with E-state index in [1.54, 1.807) is 12.1 Å². The standard InChI is InChI=1S/C37H51N7O3.C35H48N2O4.C2H5N5.BrH/c1-24(2)47-29-15-13-26(14-16-29)32-34(46)44(37(39-32)21-17-28(18-22-37)36(6,7)8)30(19-20-35(3,4)5)25-9-11-27(12-10-25)33(45)38-23-31-40-42-43-41-31;1-23(2)41-28-15-13-25(14-16-28)30-31(38)37(35(36-30)21-17-27(18-22-35)34(6,7)8)29(19-20-33(3,4)5)24-9-11-26(12-10-24)32(39)40;3-1-2-4-6-7-5-2;/h9-16,24,28,30H,17-23H2,1-8H3,(H,38,45)(H,40,41,42,43);9-16,23,27,29H,17-22H2,1-8H3,(H,39,40);1,3H2,(H,4,5,6,7);1H/t28?,30-,37?;27?,29-,35?;;/m11../s1. The number of carbonyl (C=O) groups excluding carboxylic acids is 3. The first-order valence-electron chi connectivity index (χ1n) is 34.0. The Labute approximate surface area is 578 Å². The largest absolute Gasteiger partial charge is 0.491 e. The molecule has 4 heterocycles. The smallest absolute Gasteiger partial charge is 0.335 e. The highest BCUT2D eigenvalue weighted by atomic mass is 79.9. The third kappa shape index (κ3) is 19.5. The number of nitrogens with one attached hydrogen (secondary N) is 3. The van der Waals surface area contributed by atoms with Crippen LogP contribution in [0.5, 0.6) is 11.5 Å². The number of nitrogens with zero attached hydrogens (tertiary/aromatic N) is 10. The minimum absolute atomic E-state index is 0. The maximum absolute atomic E-state index is 14.7. The number of carboxylic acid groups (broad SMARTS) is 1. The van der Waals surface area contributed by atoms with Crippen LogP contribution in [0.4, 0.5) is 0 Å². The highest BCUT2D eigenvalue weighted by Gasteiger charge is 2.55. The van der Waals surface area contributed by atoms with Crippen molar-refractivity contribution in [3.63, 3.8) is 0 Å². The number of aliphatic imine (C=N–C) groups is 2. The van der Waals surface area contributed by atoms with Gasteiger partial charge in [-0.2, -0.15) is 10.4 Å². The summed E-state index contributed by atoms with van der Waals surface area (Å²) in [5.41, 5.74) is 9.82. The van der Waals surface area contributed by atoms with Gasteiger partial charge in [-0.3, -0.25) is 24.4 Å². The molecule has 2 spiro atoms. The number of rotatable bonds is 19. The Kier molecular flexibility index (Phi) is 24.9. The molecular weight excluding hydrogens is 1280 g/mol. The number of halogens is 1. The van der Waals surface area contributed by atoms with Crippen LogP contribution in [0.2, 0.25) is 0 Å². The van der Waals surface area contributed by atoms with Gasteiger partial charge in [0.2, 0.25) is 0 Å². The van der Waals surface area contributed by atoms with E-state index in [1.165, 1.54) is 0 Å². The van der Waals surface area contributed by atoms with E-state index in [0.717, 1.165) is 111 Å². The van der Waals surface area contributed by atoms with Crippen LogP contribution in [0.25, 0.3) is 0 Å². The van der Waals surface area contributed by atoms with Crippen molar-refractivity contribution in [2.24, 2.45) is 49.2 Å². The molecule has 4 aromatic carbocycles. The van der Waals surface area contributed by atoms with Crippen molar-refractivity contribution < 1.29 is 33.8 Å².